The zero-order valence-corrected chi connectivity index (χ0v) is 16.2. The Labute approximate surface area is 170 Å². The average molecular weight is 388 g/mol. The minimum Gasteiger partial charge on any atom is -0.444 e. The van der Waals surface area contributed by atoms with Crippen LogP contribution in [0.25, 0.3) is 0 Å². The number of hydrogen-bond acceptors (Lipinski definition) is 5. The number of nitrogens with zero attached hydrogens (tertiary/aromatic N) is 3. The Bertz CT molecular complexity index is 917. The Balaban J connectivity index is 1.30. The fourth-order valence-corrected chi connectivity index (χ4v) is 3.68. The number of aromatic nitrogens is 2. The van der Waals surface area contributed by atoms with Gasteiger partial charge >= 0.3 is 6.09 Å². The fraction of sp³-hybridized carbons (Fsp3) is 0.261. The van der Waals surface area contributed by atoms with Crippen LogP contribution < -0.4 is 5.32 Å². The molecular weight excluding hydrogens is 364 g/mol. The van der Waals surface area contributed by atoms with Crippen molar-refractivity contribution in [2.45, 2.75) is 32.0 Å². The first-order chi connectivity index (χ1) is 14.3. The number of carbonyl (C=O) groups excluding carboxylic acids is 1. The van der Waals surface area contributed by atoms with Gasteiger partial charge in [0.2, 0.25) is 0 Å². The van der Waals surface area contributed by atoms with Gasteiger partial charge in [-0.05, 0) is 66.4 Å². The number of hydrogen-bond donors (Lipinski definition) is 1. The number of rotatable bonds is 6. The van der Waals surface area contributed by atoms with Crippen LogP contribution in [0.3, 0.4) is 0 Å². The summed E-state index contributed by atoms with van der Waals surface area (Å²) in [6, 6.07) is 16.1. The summed E-state index contributed by atoms with van der Waals surface area (Å²) >= 11 is 0. The average Bonchev–Trinajstić information content (AvgIpc) is 3.23. The monoisotopic (exact) mass is 388 g/mol. The molecule has 1 amide bonds. The van der Waals surface area contributed by atoms with Gasteiger partial charge in [0.15, 0.2) is 0 Å². The number of likely N-dealkylation sites (tertiary alicyclic amines) is 1. The van der Waals surface area contributed by atoms with Crippen LogP contribution in [0.15, 0.2) is 73.3 Å². The highest BCUT2D eigenvalue weighted by Crippen LogP contribution is 2.32. The number of ether oxygens (including phenoxy) is 1. The first kappa shape index (κ1) is 19.1. The molecule has 6 nitrogen and oxygen atoms in total. The van der Waals surface area contributed by atoms with Crippen LogP contribution in [0.1, 0.15) is 35.6 Å². The van der Waals surface area contributed by atoms with Gasteiger partial charge in [-0.2, -0.15) is 0 Å². The SMILES string of the molecule is O=C(Nc1ccc(CN2CCC[C@@H]2c2cccnc2)cc1)OCc1ccncc1. The van der Waals surface area contributed by atoms with E-state index in [1.807, 2.05) is 42.7 Å². The van der Waals surface area contributed by atoms with Crippen molar-refractivity contribution in [2.75, 3.05) is 11.9 Å². The van der Waals surface area contributed by atoms with Crippen molar-refractivity contribution >= 4 is 11.8 Å². The molecule has 0 spiro atoms. The number of amides is 1. The van der Waals surface area contributed by atoms with Gasteiger partial charge in [-0.3, -0.25) is 20.2 Å². The van der Waals surface area contributed by atoms with Crippen molar-refractivity contribution in [2.24, 2.45) is 0 Å². The minimum atomic E-state index is -0.467. The highest BCUT2D eigenvalue weighted by molar-refractivity contribution is 5.84. The topological polar surface area (TPSA) is 67.4 Å². The number of nitrogens with one attached hydrogen (secondary N) is 1. The standard InChI is InChI=1S/C23H24N4O2/c28-23(29-17-19-9-12-24-13-10-19)26-21-7-5-18(6-8-21)16-27-14-2-4-22(27)20-3-1-11-25-15-20/h1,3,5-13,15,22H,2,4,14,16-17H2,(H,26,28)/t22-/m1/s1. The molecule has 0 unspecified atom stereocenters. The Hall–Kier alpha value is -3.25. The van der Waals surface area contributed by atoms with Crippen LogP contribution in [0.2, 0.25) is 0 Å². The van der Waals surface area contributed by atoms with Crippen molar-refractivity contribution in [3.63, 3.8) is 0 Å². The van der Waals surface area contributed by atoms with Crippen molar-refractivity contribution in [3.05, 3.63) is 90.0 Å². The van der Waals surface area contributed by atoms with Gasteiger partial charge < -0.3 is 4.74 Å². The highest BCUT2D eigenvalue weighted by Gasteiger charge is 2.25. The third-order valence-corrected chi connectivity index (χ3v) is 5.14. The summed E-state index contributed by atoms with van der Waals surface area (Å²) in [6.07, 6.45) is 9.02. The zero-order valence-electron chi connectivity index (χ0n) is 16.2. The van der Waals surface area contributed by atoms with E-state index >= 15 is 0 Å². The zero-order chi connectivity index (χ0) is 19.9. The molecule has 6 heteroatoms. The van der Waals surface area contributed by atoms with Gasteiger partial charge in [0.05, 0.1) is 0 Å². The van der Waals surface area contributed by atoms with Gasteiger partial charge in [0, 0.05) is 43.1 Å². The molecule has 148 valence electrons. The first-order valence-corrected chi connectivity index (χ1v) is 9.83. The van der Waals surface area contributed by atoms with Crippen LogP contribution in [-0.2, 0) is 17.9 Å². The molecule has 0 saturated carbocycles. The lowest BCUT2D eigenvalue weighted by atomic mass is 10.1. The van der Waals surface area contributed by atoms with E-state index in [-0.39, 0.29) is 6.61 Å². The van der Waals surface area contributed by atoms with Gasteiger partial charge in [-0.1, -0.05) is 18.2 Å². The summed E-state index contributed by atoms with van der Waals surface area (Å²) in [4.78, 5) is 22.7. The second kappa shape index (κ2) is 9.30. The molecule has 1 N–H and O–H groups in total. The lowest BCUT2D eigenvalue weighted by Gasteiger charge is -2.24. The van der Waals surface area contributed by atoms with Gasteiger partial charge in [-0.15, -0.1) is 0 Å². The second-order valence-corrected chi connectivity index (χ2v) is 7.17. The molecule has 3 heterocycles. The molecule has 1 aliphatic heterocycles. The van der Waals surface area contributed by atoms with Gasteiger partial charge in [-0.25, -0.2) is 4.79 Å². The number of pyridine rings is 2. The molecule has 2 aromatic heterocycles. The van der Waals surface area contributed by atoms with E-state index < -0.39 is 6.09 Å². The molecule has 1 saturated heterocycles. The molecule has 29 heavy (non-hydrogen) atoms. The Kier molecular flexibility index (Phi) is 6.12. The quantitative estimate of drug-likeness (QED) is 0.670. The number of benzene rings is 1. The normalized spacial score (nSPS) is 16.5. The predicted octanol–water partition coefficient (Wildman–Crippen LogP) is 4.56. The summed E-state index contributed by atoms with van der Waals surface area (Å²) in [5, 5.41) is 2.77. The molecule has 0 bridgehead atoms. The largest absolute Gasteiger partial charge is 0.444 e. The van der Waals surface area contributed by atoms with E-state index in [1.54, 1.807) is 12.4 Å². The van der Waals surface area contributed by atoms with E-state index in [0.717, 1.165) is 30.8 Å². The van der Waals surface area contributed by atoms with Gasteiger partial charge in [0.1, 0.15) is 6.61 Å². The summed E-state index contributed by atoms with van der Waals surface area (Å²) in [7, 11) is 0. The maximum Gasteiger partial charge on any atom is 0.411 e. The number of anilines is 1. The lowest BCUT2D eigenvalue weighted by Crippen LogP contribution is -2.22. The van der Waals surface area contributed by atoms with Crippen molar-refractivity contribution in [3.8, 4) is 0 Å². The summed E-state index contributed by atoms with van der Waals surface area (Å²) in [5.74, 6) is 0. The van der Waals surface area contributed by atoms with E-state index in [4.69, 9.17) is 4.74 Å². The Morgan fingerprint density at radius 3 is 2.62 bits per heavy atom. The summed E-state index contributed by atoms with van der Waals surface area (Å²) < 4.78 is 5.24. The van der Waals surface area contributed by atoms with Crippen molar-refractivity contribution in [1.29, 1.82) is 0 Å². The van der Waals surface area contributed by atoms with E-state index in [0.29, 0.717) is 6.04 Å². The molecule has 4 rings (SSSR count). The molecule has 3 aromatic rings. The predicted molar refractivity (Wildman–Crippen MR) is 111 cm³/mol. The third kappa shape index (κ3) is 5.18. The molecular formula is C23H24N4O2. The van der Waals surface area contributed by atoms with Gasteiger partial charge in [0.25, 0.3) is 0 Å². The molecule has 1 aliphatic rings. The summed E-state index contributed by atoms with van der Waals surface area (Å²) in [5.41, 5.74) is 4.12. The van der Waals surface area contributed by atoms with Crippen LogP contribution >= 0.6 is 0 Å². The summed E-state index contributed by atoms with van der Waals surface area (Å²) in [6.45, 7) is 2.18. The molecule has 0 radical (unpaired) electrons. The smallest absolute Gasteiger partial charge is 0.411 e. The van der Waals surface area contributed by atoms with Crippen LogP contribution in [-0.4, -0.2) is 27.5 Å². The maximum atomic E-state index is 12.0. The third-order valence-electron chi connectivity index (χ3n) is 5.14. The van der Waals surface area contributed by atoms with Crippen molar-refractivity contribution in [1.82, 2.24) is 14.9 Å². The van der Waals surface area contributed by atoms with E-state index in [2.05, 4.69) is 38.4 Å². The van der Waals surface area contributed by atoms with E-state index in [1.165, 1.54) is 17.5 Å². The maximum absolute atomic E-state index is 12.0. The fourth-order valence-electron chi connectivity index (χ4n) is 3.68. The molecule has 0 aliphatic carbocycles. The van der Waals surface area contributed by atoms with Crippen LogP contribution in [0.5, 0.6) is 0 Å². The molecule has 1 aromatic carbocycles. The van der Waals surface area contributed by atoms with Crippen LogP contribution in [0, 0.1) is 0 Å². The van der Waals surface area contributed by atoms with Crippen LogP contribution in [0.4, 0.5) is 10.5 Å². The van der Waals surface area contributed by atoms with Crippen molar-refractivity contribution < 1.29 is 9.53 Å². The Morgan fingerprint density at radius 1 is 1.03 bits per heavy atom. The molecule has 1 fully saturated rings. The minimum absolute atomic E-state index is 0.219. The van der Waals surface area contributed by atoms with E-state index in [9.17, 15) is 4.79 Å². The highest BCUT2D eigenvalue weighted by atomic mass is 16.5. The lowest BCUT2D eigenvalue weighted by molar-refractivity contribution is 0.155. The Morgan fingerprint density at radius 2 is 1.86 bits per heavy atom. The molecule has 1 atom stereocenters. The number of carbonyl (C=O) groups is 1. The second-order valence-electron chi connectivity index (χ2n) is 7.17. The first-order valence-electron chi connectivity index (χ1n) is 9.83.